The molecule has 170 valence electrons. The number of hydrogen-bond acceptors (Lipinski definition) is 8. The largest absolute Gasteiger partial charge is 0.497 e. The smallest absolute Gasteiger partial charge is 0.229 e. The quantitative estimate of drug-likeness (QED) is 0.430. The molecule has 31 heavy (non-hydrogen) atoms. The Balaban J connectivity index is 1.92. The number of ether oxygens (including phenoxy) is 3. The van der Waals surface area contributed by atoms with Crippen LogP contribution in [0.3, 0.4) is 0 Å². The molecule has 1 heterocycles. The van der Waals surface area contributed by atoms with E-state index < -0.39 is 36.8 Å². The van der Waals surface area contributed by atoms with Crippen LogP contribution in [-0.4, -0.2) is 69.5 Å². The lowest BCUT2D eigenvalue weighted by atomic mass is 9.95. The van der Waals surface area contributed by atoms with E-state index in [1.165, 1.54) is 6.92 Å². The topological polar surface area (TPSA) is 129 Å². The summed E-state index contributed by atoms with van der Waals surface area (Å²) >= 11 is 0. The van der Waals surface area contributed by atoms with E-state index in [1.807, 2.05) is 37.3 Å². The van der Waals surface area contributed by atoms with Crippen molar-refractivity contribution >= 4 is 0 Å². The minimum atomic E-state index is -1.55. The minimum Gasteiger partial charge on any atom is -0.497 e. The first-order valence-corrected chi connectivity index (χ1v) is 10.2. The summed E-state index contributed by atoms with van der Waals surface area (Å²) in [4.78, 5) is 0. The average molecular weight is 434 g/mol. The molecule has 0 unspecified atom stereocenters. The molecule has 8 nitrogen and oxygen atoms in total. The predicted molar refractivity (Wildman–Crippen MR) is 112 cm³/mol. The Kier molecular flexibility index (Phi) is 7.53. The third-order valence-electron chi connectivity index (χ3n) is 5.54. The first-order chi connectivity index (χ1) is 14.7. The van der Waals surface area contributed by atoms with E-state index in [2.05, 4.69) is 0 Å². The second kappa shape index (κ2) is 9.95. The van der Waals surface area contributed by atoms with Gasteiger partial charge in [0.05, 0.1) is 19.8 Å². The van der Waals surface area contributed by atoms with Crippen LogP contribution >= 0.6 is 0 Å². The average Bonchev–Trinajstić information content (AvgIpc) is 2.76. The Labute approximate surface area is 181 Å². The molecule has 2 aromatic rings. The highest BCUT2D eigenvalue weighted by Crippen LogP contribution is 2.32. The highest BCUT2D eigenvalue weighted by molar-refractivity contribution is 5.46. The highest BCUT2D eigenvalue weighted by Gasteiger charge is 2.46. The fourth-order valence-corrected chi connectivity index (χ4v) is 3.72. The lowest BCUT2D eigenvalue weighted by molar-refractivity contribution is -0.286. The van der Waals surface area contributed by atoms with Gasteiger partial charge in [0.2, 0.25) is 6.29 Å². The second-order valence-corrected chi connectivity index (χ2v) is 7.87. The molecule has 0 radical (unpaired) electrons. The van der Waals surface area contributed by atoms with Crippen LogP contribution < -0.4 is 9.47 Å². The van der Waals surface area contributed by atoms with Crippen LogP contribution in [0, 0.1) is 6.92 Å². The molecule has 0 bridgehead atoms. The lowest BCUT2D eigenvalue weighted by Crippen LogP contribution is -2.61. The minimum absolute atomic E-state index is 0.203. The van der Waals surface area contributed by atoms with E-state index >= 15 is 0 Å². The maximum atomic E-state index is 10.4. The van der Waals surface area contributed by atoms with Crippen LogP contribution in [0.1, 0.15) is 29.2 Å². The first-order valence-electron chi connectivity index (χ1n) is 10.2. The van der Waals surface area contributed by atoms with Gasteiger partial charge in [-0.05, 0) is 48.7 Å². The van der Waals surface area contributed by atoms with Gasteiger partial charge in [0.1, 0.15) is 35.9 Å². The maximum Gasteiger partial charge on any atom is 0.229 e. The van der Waals surface area contributed by atoms with E-state index in [0.717, 1.165) is 22.4 Å². The summed E-state index contributed by atoms with van der Waals surface area (Å²) in [5.41, 5.74) is 3.29. The third-order valence-corrected chi connectivity index (χ3v) is 5.54. The van der Waals surface area contributed by atoms with Crippen LogP contribution in [0.15, 0.2) is 36.4 Å². The molecule has 1 aliphatic heterocycles. The summed E-state index contributed by atoms with van der Waals surface area (Å²) in [6.45, 7) is 3.10. The zero-order chi connectivity index (χ0) is 22.7. The zero-order valence-corrected chi connectivity index (χ0v) is 17.8. The normalized spacial score (nSPS) is 27.0. The Bertz CT molecular complexity index is 867. The van der Waals surface area contributed by atoms with Crippen molar-refractivity contribution in [2.75, 3.05) is 7.11 Å². The van der Waals surface area contributed by atoms with Gasteiger partial charge in [0, 0.05) is 12.0 Å². The molecule has 0 aliphatic carbocycles. The van der Waals surface area contributed by atoms with Gasteiger partial charge in [-0.2, -0.15) is 0 Å². The van der Waals surface area contributed by atoms with Crippen molar-refractivity contribution < 1.29 is 39.7 Å². The molecule has 8 heteroatoms. The highest BCUT2D eigenvalue weighted by atomic mass is 16.7. The Morgan fingerprint density at radius 2 is 1.68 bits per heavy atom. The zero-order valence-electron chi connectivity index (χ0n) is 17.8. The van der Waals surface area contributed by atoms with Crippen LogP contribution in [0.25, 0.3) is 0 Å². The van der Waals surface area contributed by atoms with E-state index in [-0.39, 0.29) is 6.61 Å². The summed E-state index contributed by atoms with van der Waals surface area (Å²) in [6.07, 6.45) is -7.57. The number of methoxy groups -OCH3 is 1. The Hall–Kier alpha value is -2.20. The number of aryl methyl sites for hydroxylation is 1. The Morgan fingerprint density at radius 3 is 2.26 bits per heavy atom. The summed E-state index contributed by atoms with van der Waals surface area (Å²) in [5.74, 6) is 1.11. The number of aliphatic hydroxyl groups excluding tert-OH is 5. The van der Waals surface area contributed by atoms with Gasteiger partial charge in [-0.15, -0.1) is 0 Å². The molecular formula is C23H30O8. The van der Waals surface area contributed by atoms with Crippen molar-refractivity contribution in [1.29, 1.82) is 0 Å². The van der Waals surface area contributed by atoms with Crippen molar-refractivity contribution in [2.24, 2.45) is 0 Å². The van der Waals surface area contributed by atoms with Crippen LogP contribution in [0.2, 0.25) is 0 Å². The van der Waals surface area contributed by atoms with Crippen LogP contribution in [0.4, 0.5) is 0 Å². The second-order valence-electron chi connectivity index (χ2n) is 7.87. The van der Waals surface area contributed by atoms with Gasteiger partial charge in [-0.25, -0.2) is 0 Å². The number of rotatable bonds is 7. The van der Waals surface area contributed by atoms with Crippen molar-refractivity contribution in [3.63, 3.8) is 0 Å². The SMILES string of the molecule is COc1ccc(Cc2c(C)cc(CO)cc2O[C@@H]2O[C@H]([C@@H](C)O)[C@@H](O)[C@H](O)[C@H]2O)cc1. The molecular weight excluding hydrogens is 404 g/mol. The third kappa shape index (κ3) is 5.17. The van der Waals surface area contributed by atoms with Gasteiger partial charge in [0.15, 0.2) is 0 Å². The van der Waals surface area contributed by atoms with E-state index in [0.29, 0.717) is 17.7 Å². The van der Waals surface area contributed by atoms with Gasteiger partial charge in [0.25, 0.3) is 0 Å². The fourth-order valence-electron chi connectivity index (χ4n) is 3.72. The lowest BCUT2D eigenvalue weighted by Gasteiger charge is -2.41. The molecule has 2 aromatic carbocycles. The van der Waals surface area contributed by atoms with Crippen LogP contribution in [0.5, 0.6) is 11.5 Å². The summed E-state index contributed by atoms with van der Waals surface area (Å²) in [5, 5.41) is 50.2. The maximum absolute atomic E-state index is 10.4. The Morgan fingerprint density at radius 1 is 1.00 bits per heavy atom. The molecule has 1 aliphatic rings. The molecule has 0 saturated carbocycles. The van der Waals surface area contributed by atoms with Gasteiger partial charge in [-0.3, -0.25) is 0 Å². The van der Waals surface area contributed by atoms with Crippen molar-refractivity contribution in [2.45, 2.75) is 63.7 Å². The molecule has 6 atom stereocenters. The molecule has 3 rings (SSSR count). The number of aliphatic hydroxyl groups is 5. The molecule has 0 aromatic heterocycles. The van der Waals surface area contributed by atoms with Gasteiger partial charge >= 0.3 is 0 Å². The molecule has 0 spiro atoms. The molecule has 0 amide bonds. The van der Waals surface area contributed by atoms with Crippen molar-refractivity contribution in [3.05, 3.63) is 58.7 Å². The summed E-state index contributed by atoms with van der Waals surface area (Å²) in [7, 11) is 1.60. The van der Waals surface area contributed by atoms with Crippen LogP contribution in [-0.2, 0) is 17.8 Å². The standard InChI is InChI=1S/C23H30O8/c1-12-8-15(11-24)10-18(17(12)9-14-4-6-16(29-3)7-5-14)30-23-21(28)19(26)20(27)22(31-23)13(2)25/h4-8,10,13,19-28H,9,11H2,1-3H3/t13-,19+,20+,21-,22-,23-/m1/s1. The molecule has 1 saturated heterocycles. The van der Waals surface area contributed by atoms with E-state index in [9.17, 15) is 25.5 Å². The summed E-state index contributed by atoms with van der Waals surface area (Å²) < 4.78 is 16.7. The van der Waals surface area contributed by atoms with Crippen molar-refractivity contribution in [3.8, 4) is 11.5 Å². The predicted octanol–water partition coefficient (Wildman–Crippen LogP) is 0.654. The summed E-state index contributed by atoms with van der Waals surface area (Å²) in [6, 6.07) is 11.1. The van der Waals surface area contributed by atoms with Gasteiger partial charge < -0.3 is 39.7 Å². The monoisotopic (exact) mass is 434 g/mol. The first kappa shape index (κ1) is 23.5. The van der Waals surface area contributed by atoms with Gasteiger partial charge in [-0.1, -0.05) is 18.2 Å². The molecule has 1 fully saturated rings. The number of benzene rings is 2. The van der Waals surface area contributed by atoms with Crippen molar-refractivity contribution in [1.82, 2.24) is 0 Å². The van der Waals surface area contributed by atoms with E-state index in [1.54, 1.807) is 13.2 Å². The van der Waals surface area contributed by atoms with E-state index in [4.69, 9.17) is 14.2 Å². The number of hydrogen-bond donors (Lipinski definition) is 5. The fraction of sp³-hybridized carbons (Fsp3) is 0.478. The molecule has 5 N–H and O–H groups in total.